The molecule has 1 N–H and O–H groups in total. The van der Waals surface area contributed by atoms with Gasteiger partial charge in [0.25, 0.3) is 5.69 Å². The predicted octanol–water partition coefficient (Wildman–Crippen LogP) is 7.57. The van der Waals surface area contributed by atoms with Gasteiger partial charge in [-0.2, -0.15) is 0 Å². The maximum atomic E-state index is 15.1. The van der Waals surface area contributed by atoms with Gasteiger partial charge in [0.2, 0.25) is 5.91 Å². The molecule has 3 heterocycles. The summed E-state index contributed by atoms with van der Waals surface area (Å²) >= 11 is 0. The Kier molecular flexibility index (Phi) is 7.59. The van der Waals surface area contributed by atoms with Gasteiger partial charge >= 0.3 is 0 Å². The fourth-order valence-corrected chi connectivity index (χ4v) is 7.90. The van der Waals surface area contributed by atoms with Crippen LogP contribution >= 0.6 is 0 Å². The molecule has 1 spiro atoms. The number of carbonyl (C=O) groups excluding carboxylic acids is 3. The number of nitrogens with zero attached hydrogens (tertiary/aromatic N) is 2. The van der Waals surface area contributed by atoms with Crippen LogP contribution < -0.4 is 10.2 Å². The fraction of sp³-hybridized carbons (Fsp3) is 0.256. The Balaban J connectivity index is 1.45. The van der Waals surface area contributed by atoms with E-state index < -0.39 is 28.3 Å². The molecule has 1 saturated heterocycles. The molecular weight excluding hydrogens is 590 g/mol. The number of allylic oxidation sites excluding steroid dienone is 1. The zero-order valence-corrected chi connectivity index (χ0v) is 26.3. The maximum Gasteiger partial charge on any atom is 0.269 e. The summed E-state index contributed by atoms with van der Waals surface area (Å²) in [6.07, 6.45) is 6.22. The normalized spacial score (nSPS) is 22.3. The molecule has 4 aromatic rings. The van der Waals surface area contributed by atoms with Crippen LogP contribution in [0.4, 0.5) is 17.1 Å². The van der Waals surface area contributed by atoms with Gasteiger partial charge in [-0.3, -0.25) is 24.5 Å². The summed E-state index contributed by atoms with van der Waals surface area (Å²) in [5.41, 5.74) is 4.15. The Labute approximate surface area is 273 Å². The van der Waals surface area contributed by atoms with Gasteiger partial charge in [0.1, 0.15) is 11.5 Å². The van der Waals surface area contributed by atoms with Crippen molar-refractivity contribution >= 4 is 40.1 Å². The molecule has 0 radical (unpaired) electrons. The van der Waals surface area contributed by atoms with Crippen LogP contribution in [0.5, 0.6) is 0 Å². The number of nitrogens with one attached hydrogen (secondary N) is 1. The van der Waals surface area contributed by atoms with Crippen LogP contribution in [0.1, 0.15) is 70.5 Å². The number of anilines is 2. The summed E-state index contributed by atoms with van der Waals surface area (Å²) in [6, 6.07) is 26.4. The third-order valence-corrected chi connectivity index (χ3v) is 10.1. The largest absolute Gasteiger partial charge is 0.352 e. The number of fused-ring (bicyclic) bond motifs is 6. The molecule has 0 aliphatic carbocycles. The predicted molar refractivity (Wildman–Crippen MR) is 182 cm³/mol. The zero-order valence-electron chi connectivity index (χ0n) is 26.3. The van der Waals surface area contributed by atoms with E-state index in [1.165, 1.54) is 24.3 Å². The Morgan fingerprint density at radius 2 is 1.53 bits per heavy atom. The number of carbonyl (C=O) groups is 3. The zero-order chi connectivity index (χ0) is 32.9. The second kappa shape index (κ2) is 11.8. The summed E-state index contributed by atoms with van der Waals surface area (Å²) in [4.78, 5) is 57.4. The first kappa shape index (κ1) is 30.3. The van der Waals surface area contributed by atoms with Crippen LogP contribution in [0, 0.1) is 16.0 Å². The highest BCUT2D eigenvalue weighted by Crippen LogP contribution is 2.58. The SMILES string of the molecule is CCCCCc1ccc(C(=O)[C@@H]2[C@@H](C(=O)c3ccc([N+](=O)[O-])cc3)N3c4ccccc4C(C)=C[C@@H]3[C@@]23C(=O)Nc2ccccc23)cc1. The van der Waals surface area contributed by atoms with Crippen LogP contribution in [0.25, 0.3) is 5.57 Å². The lowest BCUT2D eigenvalue weighted by Gasteiger charge is -2.39. The van der Waals surface area contributed by atoms with Gasteiger partial charge in [-0.25, -0.2) is 0 Å². The van der Waals surface area contributed by atoms with Crippen LogP contribution in [-0.2, 0) is 16.6 Å². The van der Waals surface area contributed by atoms with Gasteiger partial charge in [0.05, 0.1) is 16.9 Å². The molecule has 3 aliphatic rings. The number of benzene rings is 4. The van der Waals surface area contributed by atoms with E-state index >= 15 is 4.79 Å². The highest BCUT2D eigenvalue weighted by Gasteiger charge is 2.70. The average Bonchev–Trinajstić information content (AvgIpc) is 3.56. The van der Waals surface area contributed by atoms with Crippen molar-refractivity contribution in [3.05, 3.63) is 141 Å². The number of para-hydroxylation sites is 2. The molecule has 8 heteroatoms. The number of unbranched alkanes of at least 4 members (excludes halogenated alkanes) is 2. The highest BCUT2D eigenvalue weighted by molar-refractivity contribution is 6.18. The van der Waals surface area contributed by atoms with E-state index in [-0.39, 0.29) is 28.7 Å². The van der Waals surface area contributed by atoms with Gasteiger partial charge in [-0.15, -0.1) is 0 Å². The molecule has 0 unspecified atom stereocenters. The van der Waals surface area contributed by atoms with Crippen molar-refractivity contribution in [1.29, 1.82) is 0 Å². The number of ketones is 2. The molecule has 3 aliphatic heterocycles. The number of hydrogen-bond acceptors (Lipinski definition) is 6. The molecule has 8 nitrogen and oxygen atoms in total. The van der Waals surface area contributed by atoms with Crippen molar-refractivity contribution in [2.75, 3.05) is 10.2 Å². The van der Waals surface area contributed by atoms with E-state index in [9.17, 15) is 19.7 Å². The molecule has 7 rings (SSSR count). The van der Waals surface area contributed by atoms with Crippen molar-refractivity contribution in [2.45, 2.75) is 57.0 Å². The summed E-state index contributed by atoms with van der Waals surface area (Å²) in [5.74, 6) is -2.11. The first-order chi connectivity index (χ1) is 22.8. The smallest absolute Gasteiger partial charge is 0.269 e. The topological polar surface area (TPSA) is 110 Å². The Hall–Kier alpha value is -5.37. The first-order valence-electron chi connectivity index (χ1n) is 16.2. The van der Waals surface area contributed by atoms with Crippen LogP contribution in [0.3, 0.4) is 0 Å². The van der Waals surface area contributed by atoms with E-state index in [0.29, 0.717) is 16.8 Å². The maximum absolute atomic E-state index is 15.1. The van der Waals surface area contributed by atoms with Crippen LogP contribution in [0.2, 0.25) is 0 Å². The minimum atomic E-state index is -1.43. The number of Topliss-reactive ketones (excluding diaryl/α,β-unsaturated/α-hetero) is 2. The summed E-state index contributed by atoms with van der Waals surface area (Å²) in [7, 11) is 0. The second-order valence-corrected chi connectivity index (χ2v) is 12.7. The van der Waals surface area contributed by atoms with E-state index in [1.54, 1.807) is 0 Å². The van der Waals surface area contributed by atoms with Crippen molar-refractivity contribution in [3.63, 3.8) is 0 Å². The second-order valence-electron chi connectivity index (χ2n) is 12.7. The lowest BCUT2D eigenvalue weighted by atomic mass is 9.64. The third kappa shape index (κ3) is 4.70. The minimum Gasteiger partial charge on any atom is -0.352 e. The van der Waals surface area contributed by atoms with E-state index in [4.69, 9.17) is 0 Å². The molecule has 236 valence electrons. The van der Waals surface area contributed by atoms with Crippen LogP contribution in [0.15, 0.2) is 103 Å². The minimum absolute atomic E-state index is 0.139. The molecule has 0 aromatic heterocycles. The summed E-state index contributed by atoms with van der Waals surface area (Å²) in [5, 5.41) is 14.5. The number of rotatable bonds is 9. The molecule has 4 atom stereocenters. The Bertz CT molecular complexity index is 1950. The monoisotopic (exact) mass is 625 g/mol. The lowest BCUT2D eigenvalue weighted by Crippen LogP contribution is -2.51. The number of non-ortho nitro benzene ring substituents is 1. The van der Waals surface area contributed by atoms with Gasteiger partial charge < -0.3 is 10.2 Å². The highest BCUT2D eigenvalue weighted by atomic mass is 16.6. The number of nitro groups is 1. The molecule has 1 fully saturated rings. The van der Waals surface area contributed by atoms with E-state index in [2.05, 4.69) is 12.2 Å². The van der Waals surface area contributed by atoms with Gasteiger partial charge in [0.15, 0.2) is 11.6 Å². The third-order valence-electron chi connectivity index (χ3n) is 10.1. The number of amides is 1. The molecule has 0 saturated carbocycles. The first-order valence-corrected chi connectivity index (χ1v) is 16.2. The van der Waals surface area contributed by atoms with Crippen molar-refractivity contribution in [1.82, 2.24) is 0 Å². The molecule has 47 heavy (non-hydrogen) atoms. The average molecular weight is 626 g/mol. The van der Waals surface area contributed by atoms with Crippen molar-refractivity contribution in [3.8, 4) is 0 Å². The molecular formula is C39H35N3O5. The molecule has 4 aromatic carbocycles. The lowest BCUT2D eigenvalue weighted by molar-refractivity contribution is -0.384. The van der Waals surface area contributed by atoms with Gasteiger partial charge in [-0.05, 0) is 60.7 Å². The Morgan fingerprint density at radius 3 is 2.26 bits per heavy atom. The van der Waals surface area contributed by atoms with Gasteiger partial charge in [0, 0.05) is 40.2 Å². The quantitative estimate of drug-likeness (QED) is 0.0889. The summed E-state index contributed by atoms with van der Waals surface area (Å²) in [6.45, 7) is 4.15. The van der Waals surface area contributed by atoms with Gasteiger partial charge in [-0.1, -0.05) is 86.5 Å². The van der Waals surface area contributed by atoms with E-state index in [0.717, 1.165) is 48.1 Å². The molecule has 0 bridgehead atoms. The van der Waals surface area contributed by atoms with Crippen molar-refractivity contribution < 1.29 is 19.3 Å². The number of nitro benzene ring substituents is 1. The van der Waals surface area contributed by atoms with Crippen LogP contribution in [-0.4, -0.2) is 34.5 Å². The Morgan fingerprint density at radius 1 is 0.872 bits per heavy atom. The fourth-order valence-electron chi connectivity index (χ4n) is 7.90. The van der Waals surface area contributed by atoms with E-state index in [1.807, 2.05) is 90.7 Å². The number of hydrogen-bond donors (Lipinski definition) is 1. The summed E-state index contributed by atoms with van der Waals surface area (Å²) < 4.78 is 0. The van der Waals surface area contributed by atoms with Crippen molar-refractivity contribution in [2.24, 2.45) is 5.92 Å². The molecule has 1 amide bonds. The standard InChI is InChI=1S/C39H35N3O5/c1-3-4-5-10-25-15-17-26(18-16-25)36(43)34-35(37(44)27-19-21-28(22-20-27)42(46)47)41-32-14-9-6-11-29(32)24(2)23-33(41)39(34)30-12-7-8-13-31(30)40-38(39)45/h6-9,11-23,33-35H,3-5,10H2,1-2H3,(H,40,45)/t33-,34+,35+,39-/m1/s1. The number of aryl methyl sites for hydroxylation is 1.